The van der Waals surface area contributed by atoms with Crippen LogP contribution in [0.25, 0.3) is 0 Å². The lowest BCUT2D eigenvalue weighted by Gasteiger charge is -2.37. The second-order valence-electron chi connectivity index (χ2n) is 9.57. The third-order valence-electron chi connectivity index (χ3n) is 7.68. The van der Waals surface area contributed by atoms with Gasteiger partial charge in [0.05, 0.1) is 6.54 Å². The number of carbonyl (C=O) groups excluding carboxylic acids is 2. The van der Waals surface area contributed by atoms with E-state index in [1.807, 2.05) is 42.5 Å². The van der Waals surface area contributed by atoms with Crippen molar-refractivity contribution in [1.29, 1.82) is 0 Å². The molecular formula is C26H29N5O2. The summed E-state index contributed by atoms with van der Waals surface area (Å²) < 4.78 is 0. The van der Waals surface area contributed by atoms with E-state index in [0.717, 1.165) is 30.4 Å². The first-order valence-electron chi connectivity index (χ1n) is 12.0. The number of piperidine rings is 1. The molecule has 0 aliphatic carbocycles. The number of pyridine rings is 1. The summed E-state index contributed by atoms with van der Waals surface area (Å²) in [5, 5.41) is 2.83. The predicted molar refractivity (Wildman–Crippen MR) is 126 cm³/mol. The molecule has 33 heavy (non-hydrogen) atoms. The monoisotopic (exact) mass is 443 g/mol. The maximum absolute atomic E-state index is 12.8. The van der Waals surface area contributed by atoms with Gasteiger partial charge in [-0.1, -0.05) is 0 Å². The van der Waals surface area contributed by atoms with E-state index in [1.54, 1.807) is 17.3 Å². The topological polar surface area (TPSA) is 68.5 Å². The molecule has 4 aliphatic rings. The Labute approximate surface area is 194 Å². The van der Waals surface area contributed by atoms with Crippen molar-refractivity contribution in [2.24, 2.45) is 0 Å². The van der Waals surface area contributed by atoms with E-state index in [4.69, 9.17) is 0 Å². The summed E-state index contributed by atoms with van der Waals surface area (Å²) in [4.78, 5) is 36.4. The summed E-state index contributed by atoms with van der Waals surface area (Å²) in [6, 6.07) is 12.3. The van der Waals surface area contributed by atoms with Crippen molar-refractivity contribution in [3.05, 3.63) is 71.7 Å². The molecule has 2 amide bonds. The van der Waals surface area contributed by atoms with Crippen LogP contribution in [0.5, 0.6) is 0 Å². The molecule has 1 aromatic carbocycles. The SMILES string of the molecule is O=C(NC1=CC2(c3ccncc3)CN2C1=O)c1ccc(N2CCC(N3CCCC3)CC2)cc1. The van der Waals surface area contributed by atoms with Crippen LogP contribution < -0.4 is 10.2 Å². The van der Waals surface area contributed by atoms with Gasteiger partial charge in [0.2, 0.25) is 0 Å². The van der Waals surface area contributed by atoms with Crippen molar-refractivity contribution in [3.8, 4) is 0 Å². The van der Waals surface area contributed by atoms with E-state index in [-0.39, 0.29) is 11.8 Å². The van der Waals surface area contributed by atoms with E-state index < -0.39 is 5.54 Å². The lowest BCUT2D eigenvalue weighted by molar-refractivity contribution is -0.122. The van der Waals surface area contributed by atoms with Gasteiger partial charge in [0.1, 0.15) is 11.2 Å². The van der Waals surface area contributed by atoms with Crippen LogP contribution in [0.4, 0.5) is 5.69 Å². The number of anilines is 1. The van der Waals surface area contributed by atoms with Gasteiger partial charge in [0.15, 0.2) is 0 Å². The molecule has 3 fully saturated rings. The van der Waals surface area contributed by atoms with E-state index in [1.165, 1.54) is 38.8 Å². The summed E-state index contributed by atoms with van der Waals surface area (Å²) in [5.41, 5.74) is 2.68. The van der Waals surface area contributed by atoms with E-state index in [9.17, 15) is 9.59 Å². The van der Waals surface area contributed by atoms with Gasteiger partial charge in [-0.25, -0.2) is 0 Å². The fourth-order valence-corrected chi connectivity index (χ4v) is 5.70. The molecule has 0 spiro atoms. The van der Waals surface area contributed by atoms with Crippen LogP contribution >= 0.6 is 0 Å². The largest absolute Gasteiger partial charge is 0.371 e. The zero-order chi connectivity index (χ0) is 22.4. The highest BCUT2D eigenvalue weighted by Crippen LogP contribution is 2.49. The maximum Gasteiger partial charge on any atom is 0.271 e. The molecule has 7 nitrogen and oxygen atoms in total. The minimum atomic E-state index is -0.423. The Morgan fingerprint density at radius 1 is 0.970 bits per heavy atom. The quantitative estimate of drug-likeness (QED) is 0.720. The number of carbonyl (C=O) groups is 2. The van der Waals surface area contributed by atoms with Crippen molar-refractivity contribution in [1.82, 2.24) is 20.1 Å². The highest BCUT2D eigenvalue weighted by atomic mass is 16.2. The Morgan fingerprint density at radius 2 is 1.67 bits per heavy atom. The predicted octanol–water partition coefficient (Wildman–Crippen LogP) is 2.51. The van der Waals surface area contributed by atoms with Gasteiger partial charge in [-0.2, -0.15) is 0 Å². The standard InChI is InChI=1S/C26H29N5O2/c32-24(28-23-17-26(18-31(26)25(23)33)20-7-11-27-12-8-20)19-3-5-21(6-4-19)30-15-9-22(10-16-30)29-13-1-2-14-29/h3-8,11-12,17,22H,1-2,9-10,13-16,18H2,(H,28,32). The number of fused-ring (bicyclic) bond motifs is 1. The number of hydrogen-bond donors (Lipinski definition) is 1. The molecule has 7 heteroatoms. The molecule has 1 unspecified atom stereocenters. The van der Waals surface area contributed by atoms with Gasteiger partial charge in [-0.05, 0) is 86.8 Å². The van der Waals surface area contributed by atoms with E-state index >= 15 is 0 Å². The van der Waals surface area contributed by atoms with Crippen LogP contribution in [0.15, 0.2) is 60.6 Å². The molecule has 2 aromatic rings. The Hall–Kier alpha value is -3.19. The summed E-state index contributed by atoms with van der Waals surface area (Å²) in [7, 11) is 0. The van der Waals surface area contributed by atoms with Gasteiger partial charge in [0.25, 0.3) is 11.8 Å². The second-order valence-corrected chi connectivity index (χ2v) is 9.57. The normalized spacial score (nSPS) is 25.2. The number of benzene rings is 1. The number of nitrogens with one attached hydrogen (secondary N) is 1. The molecule has 0 saturated carbocycles. The molecule has 6 rings (SSSR count). The van der Waals surface area contributed by atoms with Crippen LogP contribution in [0.2, 0.25) is 0 Å². The fraction of sp³-hybridized carbons (Fsp3) is 0.423. The average Bonchev–Trinajstić information content (AvgIpc) is 3.21. The number of aromatic nitrogens is 1. The first-order valence-corrected chi connectivity index (χ1v) is 12.0. The van der Waals surface area contributed by atoms with E-state index in [2.05, 4.69) is 20.1 Å². The Kier molecular flexibility index (Phi) is 4.94. The van der Waals surface area contributed by atoms with Crippen molar-refractivity contribution in [2.45, 2.75) is 37.3 Å². The van der Waals surface area contributed by atoms with Gasteiger partial charge >= 0.3 is 0 Å². The van der Waals surface area contributed by atoms with Crippen LogP contribution in [0.3, 0.4) is 0 Å². The summed E-state index contributed by atoms with van der Waals surface area (Å²) in [6.07, 6.45) is 10.4. The average molecular weight is 444 g/mol. The van der Waals surface area contributed by atoms with Crippen molar-refractivity contribution in [3.63, 3.8) is 0 Å². The third kappa shape index (κ3) is 3.60. The number of amides is 2. The smallest absolute Gasteiger partial charge is 0.271 e. The van der Waals surface area contributed by atoms with Gasteiger partial charge in [0, 0.05) is 42.8 Å². The van der Waals surface area contributed by atoms with Crippen molar-refractivity contribution < 1.29 is 9.59 Å². The molecule has 5 heterocycles. The zero-order valence-corrected chi connectivity index (χ0v) is 18.7. The van der Waals surface area contributed by atoms with Crippen LogP contribution in [0, 0.1) is 0 Å². The fourth-order valence-electron chi connectivity index (χ4n) is 5.70. The van der Waals surface area contributed by atoms with Crippen molar-refractivity contribution in [2.75, 3.05) is 37.6 Å². The third-order valence-corrected chi connectivity index (χ3v) is 7.68. The summed E-state index contributed by atoms with van der Waals surface area (Å²) in [6.45, 7) is 5.28. The van der Waals surface area contributed by atoms with Crippen molar-refractivity contribution >= 4 is 17.5 Å². The molecule has 1 aromatic heterocycles. The Balaban J connectivity index is 1.09. The summed E-state index contributed by atoms with van der Waals surface area (Å²) in [5.74, 6) is -0.376. The van der Waals surface area contributed by atoms with E-state index in [0.29, 0.717) is 17.8 Å². The summed E-state index contributed by atoms with van der Waals surface area (Å²) >= 11 is 0. The zero-order valence-electron chi connectivity index (χ0n) is 18.7. The number of nitrogens with zero attached hydrogens (tertiary/aromatic N) is 4. The molecule has 170 valence electrons. The first-order chi connectivity index (χ1) is 16.1. The number of hydrogen-bond acceptors (Lipinski definition) is 5. The lowest BCUT2D eigenvalue weighted by atomic mass is 10.0. The van der Waals surface area contributed by atoms with Gasteiger partial charge in [-0.3, -0.25) is 14.6 Å². The number of likely N-dealkylation sites (tertiary alicyclic amines) is 1. The molecule has 4 aliphatic heterocycles. The van der Waals surface area contributed by atoms with Gasteiger partial charge in [-0.15, -0.1) is 0 Å². The number of rotatable bonds is 5. The molecular weight excluding hydrogens is 414 g/mol. The molecule has 3 saturated heterocycles. The van der Waals surface area contributed by atoms with Crippen LogP contribution in [0.1, 0.15) is 41.6 Å². The maximum atomic E-state index is 12.8. The molecule has 0 bridgehead atoms. The highest BCUT2D eigenvalue weighted by Gasteiger charge is 2.60. The Bertz CT molecular complexity index is 1090. The van der Waals surface area contributed by atoms with Crippen LogP contribution in [-0.4, -0.2) is 65.4 Å². The molecule has 1 atom stereocenters. The highest BCUT2D eigenvalue weighted by molar-refractivity contribution is 6.06. The second kappa shape index (κ2) is 7.99. The lowest BCUT2D eigenvalue weighted by Crippen LogP contribution is -2.43. The molecule has 0 radical (unpaired) electrons. The van der Waals surface area contributed by atoms with Gasteiger partial charge < -0.3 is 20.0 Å². The minimum absolute atomic E-state index is 0.127. The first kappa shape index (κ1) is 20.4. The van der Waals surface area contributed by atoms with Crippen LogP contribution in [-0.2, 0) is 10.3 Å². The Morgan fingerprint density at radius 3 is 2.36 bits per heavy atom. The minimum Gasteiger partial charge on any atom is -0.371 e. The molecule has 1 N–H and O–H groups in total.